The quantitative estimate of drug-likeness (QED) is 0.155. The van der Waals surface area contributed by atoms with E-state index in [-0.39, 0.29) is 29.1 Å². The molecule has 1 amide bonds. The Morgan fingerprint density at radius 2 is 1.62 bits per heavy atom. The van der Waals surface area contributed by atoms with Gasteiger partial charge in [-0.15, -0.1) is 0 Å². The van der Waals surface area contributed by atoms with Crippen molar-refractivity contribution in [2.75, 3.05) is 38.7 Å². The lowest BCUT2D eigenvalue weighted by Gasteiger charge is -2.61. The monoisotopic (exact) mass is 796 g/mol. The molecule has 308 valence electrons. The Kier molecular flexibility index (Phi) is 12.5. The Bertz CT molecular complexity index is 1780. The number of alkyl carbamates (subject to hydrolysis) is 1. The van der Waals surface area contributed by atoms with Crippen LogP contribution in [0.4, 0.5) is 10.5 Å². The molecule has 4 saturated carbocycles. The van der Waals surface area contributed by atoms with E-state index in [0.29, 0.717) is 22.1 Å². The number of nitrogens with one attached hydrogen (secondary N) is 2. The number of anilines is 1. The summed E-state index contributed by atoms with van der Waals surface area (Å²) >= 11 is 0. The predicted octanol–water partition coefficient (Wildman–Crippen LogP) is 10.4. The van der Waals surface area contributed by atoms with Crippen LogP contribution in [0.15, 0.2) is 41.3 Å². The van der Waals surface area contributed by atoms with Crippen LogP contribution >= 0.6 is 0 Å². The van der Waals surface area contributed by atoms with Crippen molar-refractivity contribution >= 4 is 40.9 Å². The number of carbonyl (C=O) groups is 1. The molecule has 6 rings (SSSR count). The lowest BCUT2D eigenvalue weighted by Crippen LogP contribution is -2.54. The van der Waals surface area contributed by atoms with Gasteiger partial charge in [0.05, 0.1) is 4.90 Å². The molecular formula is C45H73N3O5SSi. The second kappa shape index (κ2) is 16.2. The molecule has 10 heteroatoms. The van der Waals surface area contributed by atoms with Crippen molar-refractivity contribution in [3.05, 3.63) is 36.4 Å². The number of hydrogen-bond acceptors (Lipinski definition) is 6. The summed E-state index contributed by atoms with van der Waals surface area (Å²) in [7, 11) is -1.58. The van der Waals surface area contributed by atoms with Crippen LogP contribution in [0.1, 0.15) is 112 Å². The third-order valence-electron chi connectivity index (χ3n) is 16.0. The van der Waals surface area contributed by atoms with Gasteiger partial charge in [-0.05, 0) is 147 Å². The third-order valence-corrected chi connectivity index (χ3v) is 22.1. The lowest BCUT2D eigenvalue weighted by atomic mass is 9.44. The Labute approximate surface area is 334 Å². The summed E-state index contributed by atoms with van der Waals surface area (Å²) in [6.07, 6.45) is 12.9. The van der Waals surface area contributed by atoms with Gasteiger partial charge < -0.3 is 19.4 Å². The van der Waals surface area contributed by atoms with Gasteiger partial charge in [-0.1, -0.05) is 65.8 Å². The first kappa shape index (κ1) is 42.5. The normalized spacial score (nSPS) is 31.6. The number of amides is 1. The molecule has 2 aromatic rings. The smallest absolute Gasteiger partial charge is 0.407 e. The van der Waals surface area contributed by atoms with Crippen molar-refractivity contribution < 1.29 is 22.4 Å². The number of carbonyl (C=O) groups excluding carboxylic acids is 1. The minimum atomic E-state index is -3.78. The molecular weight excluding hydrogens is 723 g/mol. The number of rotatable bonds is 13. The minimum Gasteiger partial charge on any atom is -0.446 e. The maximum Gasteiger partial charge on any atom is 0.407 e. The number of nitrogens with zero attached hydrogens (tertiary/aromatic N) is 1. The number of ether oxygens (including phenoxy) is 1. The fourth-order valence-corrected chi connectivity index (χ4v) is 14.3. The SMILES string of the molecule is C[C@H](CCCO[Si](C)(C)C(C)(C)C)[C@H]1CC[C@H]2[C@@H]3CCC4CC(OC(=O)NCCNS(=O)(=O)c5cccc6c(N(C)C)cccc56)CC[C@]4(C)[C@H]3CC[C@]12C. The van der Waals surface area contributed by atoms with Crippen LogP contribution in [-0.4, -0.2) is 62.7 Å². The van der Waals surface area contributed by atoms with Gasteiger partial charge in [-0.25, -0.2) is 17.9 Å². The summed E-state index contributed by atoms with van der Waals surface area (Å²) in [4.78, 5) is 15.2. The molecule has 8 nitrogen and oxygen atoms in total. The highest BCUT2D eigenvalue weighted by Gasteiger charge is 2.60. The summed E-state index contributed by atoms with van der Waals surface area (Å²) in [5, 5.41) is 4.63. The van der Waals surface area contributed by atoms with E-state index in [1.54, 1.807) is 12.1 Å². The lowest BCUT2D eigenvalue weighted by molar-refractivity contribution is -0.129. The molecule has 4 aliphatic carbocycles. The van der Waals surface area contributed by atoms with E-state index >= 15 is 0 Å². The molecule has 2 N–H and O–H groups in total. The summed E-state index contributed by atoms with van der Waals surface area (Å²) in [5.74, 6) is 4.60. The molecule has 0 aromatic heterocycles. The second-order valence-corrected chi connectivity index (χ2v) is 26.8. The van der Waals surface area contributed by atoms with Crippen LogP contribution in [-0.2, 0) is 19.2 Å². The summed E-state index contributed by atoms with van der Waals surface area (Å²) in [5.41, 5.74) is 1.73. The molecule has 2 unspecified atom stereocenters. The topological polar surface area (TPSA) is 97.0 Å². The molecule has 4 fully saturated rings. The molecule has 2 aromatic carbocycles. The van der Waals surface area contributed by atoms with Crippen LogP contribution in [0, 0.1) is 46.3 Å². The summed E-state index contributed by atoms with van der Waals surface area (Å²) in [6.45, 7) is 20.7. The largest absolute Gasteiger partial charge is 0.446 e. The van der Waals surface area contributed by atoms with Crippen LogP contribution in [0.5, 0.6) is 0 Å². The van der Waals surface area contributed by atoms with Gasteiger partial charge in [0.15, 0.2) is 8.32 Å². The maximum atomic E-state index is 13.3. The van der Waals surface area contributed by atoms with Crippen molar-refractivity contribution in [1.29, 1.82) is 0 Å². The van der Waals surface area contributed by atoms with Crippen LogP contribution in [0.3, 0.4) is 0 Å². The van der Waals surface area contributed by atoms with Crippen molar-refractivity contribution in [1.82, 2.24) is 10.0 Å². The average Bonchev–Trinajstić information content (AvgIpc) is 3.48. The first-order valence-electron chi connectivity index (χ1n) is 21.6. The van der Waals surface area contributed by atoms with E-state index in [0.717, 1.165) is 66.5 Å². The number of fused-ring (bicyclic) bond motifs is 6. The van der Waals surface area contributed by atoms with E-state index in [4.69, 9.17) is 9.16 Å². The first-order valence-corrected chi connectivity index (χ1v) is 25.9. The highest BCUT2D eigenvalue weighted by molar-refractivity contribution is 7.89. The van der Waals surface area contributed by atoms with Crippen LogP contribution in [0.25, 0.3) is 10.8 Å². The molecule has 0 radical (unpaired) electrons. The molecule has 0 spiro atoms. The van der Waals surface area contributed by atoms with Gasteiger partial charge >= 0.3 is 6.09 Å². The zero-order chi connectivity index (χ0) is 40.0. The van der Waals surface area contributed by atoms with Crippen molar-refractivity contribution in [3.63, 3.8) is 0 Å². The number of hydrogen-bond donors (Lipinski definition) is 2. The van der Waals surface area contributed by atoms with Crippen molar-refractivity contribution in [2.24, 2.45) is 46.3 Å². The molecule has 0 heterocycles. The molecule has 9 atom stereocenters. The van der Waals surface area contributed by atoms with E-state index in [9.17, 15) is 13.2 Å². The zero-order valence-electron chi connectivity index (χ0n) is 35.8. The maximum absolute atomic E-state index is 13.3. The highest BCUT2D eigenvalue weighted by Crippen LogP contribution is 2.68. The van der Waals surface area contributed by atoms with Gasteiger partial charge in [0.2, 0.25) is 10.0 Å². The number of benzene rings is 2. The van der Waals surface area contributed by atoms with Gasteiger partial charge in [0.25, 0.3) is 0 Å². The van der Waals surface area contributed by atoms with Gasteiger partial charge in [0.1, 0.15) is 6.10 Å². The predicted molar refractivity (Wildman–Crippen MR) is 228 cm³/mol. The Balaban J connectivity index is 0.964. The molecule has 55 heavy (non-hydrogen) atoms. The van der Waals surface area contributed by atoms with E-state index < -0.39 is 24.4 Å². The zero-order valence-corrected chi connectivity index (χ0v) is 37.6. The second-order valence-electron chi connectivity index (χ2n) is 20.3. The third kappa shape index (κ3) is 8.54. The Morgan fingerprint density at radius 3 is 2.35 bits per heavy atom. The fraction of sp³-hybridized carbons (Fsp3) is 0.756. The Morgan fingerprint density at radius 1 is 0.927 bits per heavy atom. The Hall–Kier alpha value is -2.14. The van der Waals surface area contributed by atoms with E-state index in [2.05, 4.69) is 64.7 Å². The first-order chi connectivity index (χ1) is 25.8. The summed E-state index contributed by atoms with van der Waals surface area (Å²) in [6, 6.07) is 11.0. The molecule has 0 bridgehead atoms. The molecule has 0 saturated heterocycles. The molecule has 0 aliphatic heterocycles. The van der Waals surface area contributed by atoms with E-state index in [1.165, 1.54) is 51.4 Å². The summed E-state index contributed by atoms with van der Waals surface area (Å²) < 4.78 is 41.8. The fourth-order valence-electron chi connectivity index (χ4n) is 12.0. The standard InChI is InChI=1S/C45H73N3O5SSi/c1-31(14-13-29-52-55(9,10)43(2,3)4)37-21-22-38-36-20-19-32-30-33(23-25-44(32,5)39(36)24-26-45(37,38)6)53-42(49)46-27-28-47-54(50,51)41-18-12-15-34-35(41)16-11-17-40(34)48(7)8/h11-12,15-18,31-33,36-39,47H,13-14,19-30H2,1-10H3,(H,46,49)/t31-,32?,33?,36+,37-,38+,39+,44+,45-/m1/s1. The van der Waals surface area contributed by atoms with Gasteiger partial charge in [0, 0.05) is 50.3 Å². The van der Waals surface area contributed by atoms with Crippen LogP contribution < -0.4 is 14.9 Å². The van der Waals surface area contributed by atoms with Gasteiger partial charge in [-0.3, -0.25) is 0 Å². The average molecular weight is 796 g/mol. The van der Waals surface area contributed by atoms with Crippen molar-refractivity contribution in [3.8, 4) is 0 Å². The van der Waals surface area contributed by atoms with E-state index in [1.807, 2.05) is 43.3 Å². The number of sulfonamides is 1. The minimum absolute atomic E-state index is 0.0842. The van der Waals surface area contributed by atoms with Crippen molar-refractivity contribution in [2.45, 2.75) is 141 Å². The van der Waals surface area contributed by atoms with Gasteiger partial charge in [-0.2, -0.15) is 0 Å². The highest BCUT2D eigenvalue weighted by atomic mass is 32.2. The molecule has 4 aliphatic rings. The van der Waals surface area contributed by atoms with Crippen LogP contribution in [0.2, 0.25) is 18.1 Å².